The van der Waals surface area contributed by atoms with Crippen molar-refractivity contribution in [2.75, 3.05) is 12.0 Å². The van der Waals surface area contributed by atoms with Crippen LogP contribution in [0.5, 0.6) is 11.5 Å². The maximum absolute atomic E-state index is 14.0. The topological polar surface area (TPSA) is 101 Å². The van der Waals surface area contributed by atoms with E-state index in [1.807, 2.05) is 37.3 Å². The highest BCUT2D eigenvalue weighted by Gasteiger charge is 2.56. The number of anilines is 1. The van der Waals surface area contributed by atoms with E-state index in [4.69, 9.17) is 4.74 Å². The number of amides is 2. The van der Waals surface area contributed by atoms with Gasteiger partial charge in [0.1, 0.15) is 11.5 Å². The van der Waals surface area contributed by atoms with Crippen LogP contribution in [0.3, 0.4) is 0 Å². The Bertz CT molecular complexity index is 1540. The molecule has 1 heterocycles. The van der Waals surface area contributed by atoms with Crippen molar-refractivity contribution in [1.29, 1.82) is 0 Å². The number of aryl methyl sites for hydroxylation is 1. The number of ketones is 2. The number of hydrogen-bond donors (Lipinski definition) is 1. The number of rotatable bonds is 4. The molecule has 1 N–H and O–H groups in total. The zero-order valence-corrected chi connectivity index (χ0v) is 22.1. The SMILES string of the molecule is CCc1ccc(N2C(=O)[C@H]3[C@H](CC=C4[C@H](c5ccc(O)cc5OC)C5=C(C[C@H]43)C(=O)C(C)=CC5=O)C2=O)cc1. The molecule has 0 aromatic heterocycles. The molecule has 4 aliphatic rings. The molecular formula is C32H29NO6. The average Bonchev–Trinajstić information content (AvgIpc) is 3.20. The van der Waals surface area contributed by atoms with Crippen molar-refractivity contribution in [3.63, 3.8) is 0 Å². The molecule has 3 aliphatic carbocycles. The summed E-state index contributed by atoms with van der Waals surface area (Å²) in [5.74, 6) is -2.79. The first kappa shape index (κ1) is 25.0. The highest BCUT2D eigenvalue weighted by molar-refractivity contribution is 6.25. The zero-order chi connectivity index (χ0) is 27.6. The van der Waals surface area contributed by atoms with Crippen LogP contribution in [0.25, 0.3) is 0 Å². The minimum absolute atomic E-state index is 0.0120. The lowest BCUT2D eigenvalue weighted by Gasteiger charge is -2.42. The molecule has 0 bridgehead atoms. The van der Waals surface area contributed by atoms with Gasteiger partial charge in [0.25, 0.3) is 0 Å². The number of phenolic OH excluding ortho intramolecular Hbond substituents is 1. The predicted octanol–water partition coefficient (Wildman–Crippen LogP) is 4.60. The number of allylic oxidation sites excluding steroid dienone is 6. The van der Waals surface area contributed by atoms with E-state index < -0.39 is 23.7 Å². The number of imide groups is 1. The van der Waals surface area contributed by atoms with Crippen molar-refractivity contribution in [2.45, 2.75) is 39.0 Å². The zero-order valence-electron chi connectivity index (χ0n) is 22.1. The number of benzene rings is 2. The molecule has 198 valence electrons. The molecule has 2 amide bonds. The Morgan fingerprint density at radius 2 is 1.74 bits per heavy atom. The van der Waals surface area contributed by atoms with Crippen molar-refractivity contribution in [3.8, 4) is 11.5 Å². The molecule has 0 spiro atoms. The molecule has 4 atom stereocenters. The first-order valence-electron chi connectivity index (χ1n) is 13.3. The summed E-state index contributed by atoms with van der Waals surface area (Å²) >= 11 is 0. The molecule has 1 aliphatic heterocycles. The van der Waals surface area contributed by atoms with E-state index in [9.17, 15) is 24.3 Å². The smallest absolute Gasteiger partial charge is 0.238 e. The van der Waals surface area contributed by atoms with Gasteiger partial charge in [-0.2, -0.15) is 0 Å². The third kappa shape index (κ3) is 3.71. The fourth-order valence-corrected chi connectivity index (χ4v) is 6.81. The molecule has 0 unspecified atom stereocenters. The van der Waals surface area contributed by atoms with Crippen LogP contribution in [-0.2, 0) is 25.6 Å². The van der Waals surface area contributed by atoms with E-state index in [0.717, 1.165) is 17.6 Å². The van der Waals surface area contributed by atoms with Gasteiger partial charge in [-0.3, -0.25) is 24.1 Å². The fourth-order valence-electron chi connectivity index (χ4n) is 6.81. The maximum atomic E-state index is 14.0. The highest BCUT2D eigenvalue weighted by Crippen LogP contribution is 2.56. The standard InChI is InChI=1S/C32H29NO6/c1-4-17-5-7-18(8-6-17)33-31(37)22-12-11-20-23(28(22)32(33)38)15-24-29(25(35)13-16(2)30(24)36)27(20)21-10-9-19(34)14-26(21)39-3/h5-11,13-14,22-23,27-28,34H,4,12,15H2,1-3H3/t22-,23+,27+,28-/m0/s1. The Hall–Kier alpha value is -4.26. The van der Waals surface area contributed by atoms with Crippen LogP contribution in [0.1, 0.15) is 43.7 Å². The van der Waals surface area contributed by atoms with Gasteiger partial charge >= 0.3 is 0 Å². The second-order valence-electron chi connectivity index (χ2n) is 10.7. The molecule has 7 nitrogen and oxygen atoms in total. The molecule has 1 fully saturated rings. The van der Waals surface area contributed by atoms with Gasteiger partial charge in [0.15, 0.2) is 11.6 Å². The Morgan fingerprint density at radius 3 is 2.44 bits per heavy atom. The van der Waals surface area contributed by atoms with Crippen molar-refractivity contribution in [1.82, 2.24) is 0 Å². The average molecular weight is 524 g/mol. The van der Waals surface area contributed by atoms with Crippen molar-refractivity contribution >= 4 is 29.1 Å². The third-order valence-electron chi connectivity index (χ3n) is 8.69. The Labute approximate surface area is 226 Å². The molecule has 39 heavy (non-hydrogen) atoms. The number of Topliss-reactive ketones (excluding diaryl/α,β-unsaturated/α-hetero) is 1. The number of phenols is 1. The summed E-state index contributed by atoms with van der Waals surface area (Å²) in [5, 5.41) is 10.1. The van der Waals surface area contributed by atoms with Crippen LogP contribution in [0.2, 0.25) is 0 Å². The van der Waals surface area contributed by atoms with E-state index in [1.165, 1.54) is 30.2 Å². The lowest BCUT2D eigenvalue weighted by Crippen LogP contribution is -2.39. The summed E-state index contributed by atoms with van der Waals surface area (Å²) in [6, 6.07) is 12.2. The molecular weight excluding hydrogens is 494 g/mol. The number of hydrogen-bond acceptors (Lipinski definition) is 6. The van der Waals surface area contributed by atoms with Crippen LogP contribution in [0, 0.1) is 17.8 Å². The van der Waals surface area contributed by atoms with Crippen LogP contribution in [0.4, 0.5) is 5.69 Å². The molecule has 2 aromatic carbocycles. The monoisotopic (exact) mass is 523 g/mol. The third-order valence-corrected chi connectivity index (χ3v) is 8.69. The number of carbonyl (C=O) groups is 4. The number of carbonyl (C=O) groups excluding carboxylic acids is 4. The normalized spacial score (nSPS) is 26.2. The van der Waals surface area contributed by atoms with Gasteiger partial charge in [-0.25, -0.2) is 0 Å². The van der Waals surface area contributed by atoms with Gasteiger partial charge in [-0.1, -0.05) is 36.8 Å². The highest BCUT2D eigenvalue weighted by atomic mass is 16.5. The summed E-state index contributed by atoms with van der Waals surface area (Å²) in [6.45, 7) is 3.67. The van der Waals surface area contributed by atoms with Gasteiger partial charge in [0, 0.05) is 34.3 Å². The van der Waals surface area contributed by atoms with Gasteiger partial charge < -0.3 is 9.84 Å². The van der Waals surface area contributed by atoms with Crippen molar-refractivity contribution in [2.24, 2.45) is 17.8 Å². The predicted molar refractivity (Wildman–Crippen MR) is 144 cm³/mol. The van der Waals surface area contributed by atoms with Crippen molar-refractivity contribution < 1.29 is 29.0 Å². The molecule has 7 heteroatoms. The fraction of sp³-hybridized carbons (Fsp3) is 0.312. The van der Waals surface area contributed by atoms with E-state index in [2.05, 4.69) is 0 Å². The van der Waals surface area contributed by atoms with Crippen LogP contribution < -0.4 is 9.64 Å². The number of methoxy groups -OCH3 is 1. The summed E-state index contributed by atoms with van der Waals surface area (Å²) in [6.07, 6.45) is 4.78. The molecule has 0 radical (unpaired) electrons. The summed E-state index contributed by atoms with van der Waals surface area (Å²) in [4.78, 5) is 55.7. The Balaban J connectivity index is 1.48. The van der Waals surface area contributed by atoms with E-state index in [-0.39, 0.29) is 35.6 Å². The van der Waals surface area contributed by atoms with Gasteiger partial charge in [0.05, 0.1) is 24.6 Å². The second-order valence-corrected chi connectivity index (χ2v) is 10.7. The number of nitrogens with zero attached hydrogens (tertiary/aromatic N) is 1. The first-order valence-corrected chi connectivity index (χ1v) is 13.3. The van der Waals surface area contributed by atoms with Crippen LogP contribution >= 0.6 is 0 Å². The Morgan fingerprint density at radius 1 is 1.00 bits per heavy atom. The van der Waals surface area contributed by atoms with Crippen LogP contribution in [0.15, 0.2) is 76.9 Å². The minimum atomic E-state index is -0.642. The number of aromatic hydroxyl groups is 1. The summed E-state index contributed by atoms with van der Waals surface area (Å²) in [5.41, 5.74) is 4.29. The lowest BCUT2D eigenvalue weighted by atomic mass is 9.59. The van der Waals surface area contributed by atoms with Gasteiger partial charge in [0.2, 0.25) is 11.8 Å². The molecule has 6 rings (SSSR count). The number of ether oxygens (including phenoxy) is 1. The summed E-state index contributed by atoms with van der Waals surface area (Å²) in [7, 11) is 1.48. The Kier molecular flexibility index (Phi) is 5.90. The van der Waals surface area contributed by atoms with E-state index in [0.29, 0.717) is 40.1 Å². The lowest BCUT2D eigenvalue weighted by molar-refractivity contribution is -0.123. The van der Waals surface area contributed by atoms with Gasteiger partial charge in [-0.05, 0) is 61.9 Å². The second kappa shape index (κ2) is 9.19. The quantitative estimate of drug-likeness (QED) is 0.357. The van der Waals surface area contributed by atoms with E-state index in [1.54, 1.807) is 13.0 Å². The molecule has 0 saturated carbocycles. The van der Waals surface area contributed by atoms with Crippen LogP contribution in [-0.4, -0.2) is 35.6 Å². The summed E-state index contributed by atoms with van der Waals surface area (Å²) < 4.78 is 5.59. The first-order chi connectivity index (χ1) is 18.7. The molecule has 2 aromatic rings. The van der Waals surface area contributed by atoms with Crippen molar-refractivity contribution in [3.05, 3.63) is 88.0 Å². The minimum Gasteiger partial charge on any atom is -0.508 e. The maximum Gasteiger partial charge on any atom is 0.238 e. The van der Waals surface area contributed by atoms with E-state index >= 15 is 0 Å². The van der Waals surface area contributed by atoms with Gasteiger partial charge in [-0.15, -0.1) is 0 Å². The largest absolute Gasteiger partial charge is 0.508 e. The number of fused-ring (bicyclic) bond motifs is 3. The molecule has 1 saturated heterocycles.